The molecule has 0 aliphatic heterocycles. The summed E-state index contributed by atoms with van der Waals surface area (Å²) >= 11 is 0. The molecular formula is C39H44N2O5. The predicted molar refractivity (Wildman–Crippen MR) is 184 cm³/mol. The van der Waals surface area contributed by atoms with E-state index in [1.807, 2.05) is 60.7 Å². The van der Waals surface area contributed by atoms with E-state index in [-0.39, 0.29) is 18.1 Å². The molecule has 0 unspecified atom stereocenters. The SMILES string of the molecule is CCCCCCCCC(=O)N(CCOc1ccc(C[C@H](Nc2ccccc2C(=O)c2ccccc2)C(=O)O)cc1)c1ccccc1. The lowest BCUT2D eigenvalue weighted by molar-refractivity contribution is -0.137. The Labute approximate surface area is 272 Å². The summed E-state index contributed by atoms with van der Waals surface area (Å²) in [5.41, 5.74) is 3.08. The second kappa shape index (κ2) is 18.2. The molecule has 240 valence electrons. The zero-order chi connectivity index (χ0) is 32.6. The van der Waals surface area contributed by atoms with Crippen molar-refractivity contribution in [1.82, 2.24) is 0 Å². The lowest BCUT2D eigenvalue weighted by atomic mass is 10.00. The van der Waals surface area contributed by atoms with Gasteiger partial charge in [-0.3, -0.25) is 9.59 Å². The van der Waals surface area contributed by atoms with Gasteiger partial charge in [-0.1, -0.05) is 112 Å². The van der Waals surface area contributed by atoms with Crippen LogP contribution in [0.2, 0.25) is 0 Å². The molecule has 0 bridgehead atoms. The number of nitrogens with one attached hydrogen (secondary N) is 1. The summed E-state index contributed by atoms with van der Waals surface area (Å²) in [5, 5.41) is 13.1. The predicted octanol–water partition coefficient (Wildman–Crippen LogP) is 8.19. The number of carboxylic acids is 1. The number of unbranched alkanes of at least 4 members (excludes halogenated alkanes) is 5. The van der Waals surface area contributed by atoms with Crippen molar-refractivity contribution in [3.05, 3.63) is 126 Å². The van der Waals surface area contributed by atoms with Gasteiger partial charge in [0.05, 0.1) is 6.54 Å². The molecule has 4 aromatic carbocycles. The van der Waals surface area contributed by atoms with Crippen LogP contribution in [-0.4, -0.2) is 42.0 Å². The number of aliphatic carboxylic acids is 1. The van der Waals surface area contributed by atoms with Crippen LogP contribution in [0.15, 0.2) is 109 Å². The Bertz CT molecular complexity index is 1520. The van der Waals surface area contributed by atoms with E-state index in [1.165, 1.54) is 19.3 Å². The average molecular weight is 621 g/mol. The molecule has 0 radical (unpaired) electrons. The molecule has 2 N–H and O–H groups in total. The molecule has 7 heteroatoms. The molecule has 0 fully saturated rings. The number of ketones is 1. The minimum absolute atomic E-state index is 0.0971. The van der Waals surface area contributed by atoms with Gasteiger partial charge in [-0.15, -0.1) is 0 Å². The second-order valence-corrected chi connectivity index (χ2v) is 11.4. The van der Waals surface area contributed by atoms with Gasteiger partial charge in [0.15, 0.2) is 5.78 Å². The number of benzene rings is 4. The van der Waals surface area contributed by atoms with Crippen LogP contribution in [0.5, 0.6) is 5.75 Å². The van der Waals surface area contributed by atoms with E-state index in [4.69, 9.17) is 4.74 Å². The van der Waals surface area contributed by atoms with E-state index in [0.29, 0.717) is 42.1 Å². The van der Waals surface area contributed by atoms with Crippen molar-refractivity contribution in [2.75, 3.05) is 23.4 Å². The van der Waals surface area contributed by atoms with Crippen molar-refractivity contribution in [3.63, 3.8) is 0 Å². The fraction of sp³-hybridized carbons (Fsp3) is 0.308. The Balaban J connectivity index is 1.33. The Morgan fingerprint density at radius 3 is 2.09 bits per heavy atom. The van der Waals surface area contributed by atoms with E-state index < -0.39 is 12.0 Å². The molecule has 1 amide bonds. The Morgan fingerprint density at radius 1 is 0.761 bits per heavy atom. The largest absolute Gasteiger partial charge is 0.492 e. The molecule has 0 heterocycles. The minimum Gasteiger partial charge on any atom is -0.492 e. The third-order valence-electron chi connectivity index (χ3n) is 7.90. The average Bonchev–Trinajstić information content (AvgIpc) is 3.09. The van der Waals surface area contributed by atoms with E-state index >= 15 is 0 Å². The lowest BCUT2D eigenvalue weighted by Crippen LogP contribution is -2.34. The normalized spacial score (nSPS) is 11.4. The monoisotopic (exact) mass is 620 g/mol. The number of anilines is 2. The minimum atomic E-state index is -1.02. The summed E-state index contributed by atoms with van der Waals surface area (Å²) in [6.07, 6.45) is 7.50. The number of para-hydroxylation sites is 2. The van der Waals surface area contributed by atoms with E-state index in [1.54, 1.807) is 53.4 Å². The smallest absolute Gasteiger partial charge is 0.326 e. The molecule has 4 aromatic rings. The van der Waals surface area contributed by atoms with Crippen molar-refractivity contribution >= 4 is 29.0 Å². The molecule has 0 aliphatic carbocycles. The highest BCUT2D eigenvalue weighted by atomic mass is 16.5. The van der Waals surface area contributed by atoms with Crippen LogP contribution in [0.4, 0.5) is 11.4 Å². The standard InChI is InChI=1S/C39H44N2O5/c1-2-3-4-5-6-13-22-37(42)41(32-18-11-8-12-19-32)27-28-46-33-25-23-30(24-26-33)29-36(39(44)45)40-35-21-15-14-20-34(35)38(43)31-16-9-7-10-17-31/h7-12,14-21,23-26,36,40H,2-6,13,22,27-29H2,1H3,(H,44,45)/t36-/m0/s1. The molecule has 0 aliphatic rings. The molecule has 46 heavy (non-hydrogen) atoms. The first kappa shape index (κ1) is 34.0. The van der Waals surface area contributed by atoms with Gasteiger partial charge in [0, 0.05) is 35.3 Å². The van der Waals surface area contributed by atoms with Gasteiger partial charge in [0.2, 0.25) is 5.91 Å². The summed E-state index contributed by atoms with van der Waals surface area (Å²) < 4.78 is 6.00. The van der Waals surface area contributed by atoms with Gasteiger partial charge in [-0.2, -0.15) is 0 Å². The lowest BCUT2D eigenvalue weighted by Gasteiger charge is -2.23. The highest BCUT2D eigenvalue weighted by Gasteiger charge is 2.21. The molecule has 0 aromatic heterocycles. The maximum Gasteiger partial charge on any atom is 0.326 e. The number of hydrogen-bond donors (Lipinski definition) is 2. The van der Waals surface area contributed by atoms with Crippen molar-refractivity contribution in [1.29, 1.82) is 0 Å². The first-order valence-corrected chi connectivity index (χ1v) is 16.2. The third-order valence-corrected chi connectivity index (χ3v) is 7.90. The van der Waals surface area contributed by atoms with Crippen molar-refractivity contribution in [2.24, 2.45) is 0 Å². The number of rotatable bonds is 19. The number of hydrogen-bond acceptors (Lipinski definition) is 5. The number of carbonyl (C=O) groups excluding carboxylic acids is 2. The summed E-state index contributed by atoms with van der Waals surface area (Å²) in [6, 6.07) is 31.9. The molecule has 0 saturated carbocycles. The number of ether oxygens (including phenoxy) is 1. The van der Waals surface area contributed by atoms with Crippen LogP contribution in [-0.2, 0) is 16.0 Å². The van der Waals surface area contributed by atoms with Gasteiger partial charge in [0.1, 0.15) is 18.4 Å². The fourth-order valence-corrected chi connectivity index (χ4v) is 5.35. The summed E-state index contributed by atoms with van der Waals surface area (Å²) in [5.74, 6) is -0.461. The molecule has 1 atom stereocenters. The highest BCUT2D eigenvalue weighted by molar-refractivity contribution is 6.12. The number of carboxylic acid groups (broad SMARTS) is 1. The molecule has 4 rings (SSSR count). The van der Waals surface area contributed by atoms with Crippen molar-refractivity contribution < 1.29 is 24.2 Å². The fourth-order valence-electron chi connectivity index (χ4n) is 5.35. The van der Waals surface area contributed by atoms with Crippen LogP contribution in [0.3, 0.4) is 0 Å². The Hall–Kier alpha value is -4.91. The maximum absolute atomic E-state index is 13.1. The van der Waals surface area contributed by atoms with E-state index in [9.17, 15) is 19.5 Å². The van der Waals surface area contributed by atoms with Crippen LogP contribution < -0.4 is 15.0 Å². The highest BCUT2D eigenvalue weighted by Crippen LogP contribution is 2.22. The second-order valence-electron chi connectivity index (χ2n) is 11.4. The number of carbonyl (C=O) groups is 3. The van der Waals surface area contributed by atoms with Crippen molar-refractivity contribution in [2.45, 2.75) is 64.3 Å². The summed E-state index contributed by atoms with van der Waals surface area (Å²) in [4.78, 5) is 40.3. The molecule has 0 saturated heterocycles. The quantitative estimate of drug-likeness (QED) is 0.0811. The van der Waals surface area contributed by atoms with E-state index in [0.717, 1.165) is 30.5 Å². The maximum atomic E-state index is 13.1. The zero-order valence-corrected chi connectivity index (χ0v) is 26.6. The first-order valence-electron chi connectivity index (χ1n) is 16.2. The van der Waals surface area contributed by atoms with Gasteiger partial charge in [-0.25, -0.2) is 4.79 Å². The molecular weight excluding hydrogens is 576 g/mol. The first-order chi connectivity index (χ1) is 22.5. The Morgan fingerprint density at radius 2 is 1.39 bits per heavy atom. The number of nitrogens with zero attached hydrogens (tertiary/aromatic N) is 1. The van der Waals surface area contributed by atoms with Gasteiger partial charge in [0.25, 0.3) is 0 Å². The Kier molecular flexibility index (Phi) is 13.4. The van der Waals surface area contributed by atoms with E-state index in [2.05, 4.69) is 12.2 Å². The summed E-state index contributed by atoms with van der Waals surface area (Å²) in [7, 11) is 0. The topological polar surface area (TPSA) is 95.9 Å². The molecule has 7 nitrogen and oxygen atoms in total. The van der Waals surface area contributed by atoms with Gasteiger partial charge >= 0.3 is 5.97 Å². The van der Waals surface area contributed by atoms with Crippen LogP contribution in [0.25, 0.3) is 0 Å². The summed E-state index contributed by atoms with van der Waals surface area (Å²) in [6.45, 7) is 2.94. The molecule has 0 spiro atoms. The van der Waals surface area contributed by atoms with Crippen LogP contribution in [0, 0.1) is 0 Å². The van der Waals surface area contributed by atoms with Crippen molar-refractivity contribution in [3.8, 4) is 5.75 Å². The number of amides is 1. The van der Waals surface area contributed by atoms with Crippen LogP contribution in [0.1, 0.15) is 73.4 Å². The van der Waals surface area contributed by atoms with Gasteiger partial charge in [-0.05, 0) is 48.4 Å². The third kappa shape index (κ3) is 10.3. The van der Waals surface area contributed by atoms with Crippen LogP contribution >= 0.6 is 0 Å². The van der Waals surface area contributed by atoms with Gasteiger partial charge < -0.3 is 20.1 Å². The zero-order valence-electron chi connectivity index (χ0n) is 26.6.